The number of H-pyrrole nitrogens is 1. The molecule has 0 spiro atoms. The number of para-hydroxylation sites is 1. The molecule has 1 unspecified atom stereocenters. The summed E-state index contributed by atoms with van der Waals surface area (Å²) in [7, 11) is 0. The van der Waals surface area contributed by atoms with Gasteiger partial charge in [-0.1, -0.05) is 38.0 Å². The first kappa shape index (κ1) is 13.1. The number of nitrogens with one attached hydrogen (secondary N) is 2. The zero-order valence-electron chi connectivity index (χ0n) is 11.5. The van der Waals surface area contributed by atoms with Gasteiger partial charge in [0.1, 0.15) is 0 Å². The number of benzene rings is 1. The highest BCUT2D eigenvalue weighted by molar-refractivity contribution is 7.99. The molecule has 2 aromatic rings. The summed E-state index contributed by atoms with van der Waals surface area (Å²) in [6.07, 6.45) is 5.54. The minimum absolute atomic E-state index is 0.605. The predicted octanol–water partition coefficient (Wildman–Crippen LogP) is 4.18. The Morgan fingerprint density at radius 2 is 2.11 bits per heavy atom. The van der Waals surface area contributed by atoms with Crippen molar-refractivity contribution in [1.82, 2.24) is 10.3 Å². The molecule has 1 heterocycles. The number of rotatable bonds is 5. The molecule has 1 aliphatic rings. The largest absolute Gasteiger partial charge is 0.350 e. The van der Waals surface area contributed by atoms with E-state index in [1.54, 1.807) is 0 Å². The summed E-state index contributed by atoms with van der Waals surface area (Å²) in [4.78, 5) is 3.49. The van der Waals surface area contributed by atoms with Gasteiger partial charge >= 0.3 is 0 Å². The molecule has 3 heteroatoms. The molecule has 1 atom stereocenters. The van der Waals surface area contributed by atoms with Crippen molar-refractivity contribution in [1.29, 1.82) is 0 Å². The Morgan fingerprint density at radius 1 is 1.32 bits per heavy atom. The smallest absolute Gasteiger partial charge is 0.0735 e. The third-order valence-electron chi connectivity index (χ3n) is 3.88. The second-order valence-corrected chi connectivity index (χ2v) is 7.02. The van der Waals surface area contributed by atoms with Gasteiger partial charge in [0, 0.05) is 28.7 Å². The van der Waals surface area contributed by atoms with E-state index in [9.17, 15) is 0 Å². The Hall–Kier alpha value is -0.930. The van der Waals surface area contributed by atoms with Gasteiger partial charge in [-0.2, -0.15) is 0 Å². The number of thioether (sulfide) groups is 1. The highest BCUT2D eigenvalue weighted by Gasteiger charge is 2.15. The summed E-state index contributed by atoms with van der Waals surface area (Å²) in [5.41, 5.74) is 1.24. The lowest BCUT2D eigenvalue weighted by molar-refractivity contribution is 0.527. The molecule has 0 radical (unpaired) electrons. The lowest BCUT2D eigenvalue weighted by Gasteiger charge is -2.15. The SMILES string of the molecule is CC(CNC1CCCC1)Sc1cc2ccccc2[nH]1. The second-order valence-electron chi connectivity index (χ2n) is 5.54. The molecule has 2 N–H and O–H groups in total. The molecule has 1 fully saturated rings. The standard InChI is InChI=1S/C16H22N2S/c1-12(11-17-14-7-3-4-8-14)19-16-10-13-6-2-5-9-15(13)18-16/h2,5-6,9-10,12,14,17-18H,3-4,7-8,11H2,1H3. The molecule has 0 aliphatic heterocycles. The van der Waals surface area contributed by atoms with Crippen molar-refractivity contribution < 1.29 is 0 Å². The van der Waals surface area contributed by atoms with Gasteiger partial charge in [0.05, 0.1) is 5.03 Å². The van der Waals surface area contributed by atoms with Gasteiger partial charge in [-0.3, -0.25) is 0 Å². The Kier molecular flexibility index (Phi) is 4.14. The van der Waals surface area contributed by atoms with E-state index in [1.165, 1.54) is 41.6 Å². The average Bonchev–Trinajstić information content (AvgIpc) is 3.04. The molecule has 3 rings (SSSR count). The third-order valence-corrected chi connectivity index (χ3v) is 4.93. The van der Waals surface area contributed by atoms with Crippen LogP contribution in [0.25, 0.3) is 10.9 Å². The summed E-state index contributed by atoms with van der Waals surface area (Å²) in [6.45, 7) is 3.41. The van der Waals surface area contributed by atoms with E-state index in [0.717, 1.165) is 12.6 Å². The number of fused-ring (bicyclic) bond motifs is 1. The van der Waals surface area contributed by atoms with Crippen LogP contribution < -0.4 is 5.32 Å². The highest BCUT2D eigenvalue weighted by Crippen LogP contribution is 2.26. The lowest BCUT2D eigenvalue weighted by Crippen LogP contribution is -2.31. The van der Waals surface area contributed by atoms with Gasteiger partial charge in [-0.15, -0.1) is 11.8 Å². The molecule has 0 amide bonds. The molecule has 1 aliphatic carbocycles. The fourth-order valence-corrected chi connectivity index (χ4v) is 3.81. The molecule has 2 nitrogen and oxygen atoms in total. The first-order valence-corrected chi connectivity index (χ1v) is 8.17. The van der Waals surface area contributed by atoms with E-state index in [4.69, 9.17) is 0 Å². The number of aromatic amines is 1. The van der Waals surface area contributed by atoms with Gasteiger partial charge < -0.3 is 10.3 Å². The first-order valence-electron chi connectivity index (χ1n) is 7.29. The summed E-state index contributed by atoms with van der Waals surface area (Å²) < 4.78 is 0. The Labute approximate surface area is 119 Å². The lowest BCUT2D eigenvalue weighted by atomic mass is 10.2. The molecule has 0 bridgehead atoms. The van der Waals surface area contributed by atoms with Gasteiger partial charge in [0.15, 0.2) is 0 Å². The molecule has 19 heavy (non-hydrogen) atoms. The van der Waals surface area contributed by atoms with Crippen LogP contribution in [0.2, 0.25) is 0 Å². The van der Waals surface area contributed by atoms with Gasteiger partial charge in [-0.05, 0) is 25.0 Å². The van der Waals surface area contributed by atoms with Crippen LogP contribution in [0.4, 0.5) is 0 Å². The second kappa shape index (κ2) is 6.02. The zero-order valence-corrected chi connectivity index (χ0v) is 12.3. The fourth-order valence-electron chi connectivity index (χ4n) is 2.83. The van der Waals surface area contributed by atoms with E-state index in [-0.39, 0.29) is 0 Å². The third kappa shape index (κ3) is 3.34. The van der Waals surface area contributed by atoms with Crippen molar-refractivity contribution in [3.05, 3.63) is 30.3 Å². The molecular formula is C16H22N2S. The molecule has 1 saturated carbocycles. The number of hydrogen-bond donors (Lipinski definition) is 2. The normalized spacial score (nSPS) is 18.2. The summed E-state index contributed by atoms with van der Waals surface area (Å²) in [5, 5.41) is 6.89. The van der Waals surface area contributed by atoms with Crippen molar-refractivity contribution >= 4 is 22.7 Å². The average molecular weight is 274 g/mol. The minimum Gasteiger partial charge on any atom is -0.350 e. The minimum atomic E-state index is 0.605. The summed E-state index contributed by atoms with van der Waals surface area (Å²) in [6, 6.07) is 11.5. The maximum atomic E-state index is 3.70. The van der Waals surface area contributed by atoms with Crippen LogP contribution in [-0.2, 0) is 0 Å². The van der Waals surface area contributed by atoms with E-state index < -0.39 is 0 Å². The Bertz CT molecular complexity index is 495. The first-order chi connectivity index (χ1) is 9.31. The van der Waals surface area contributed by atoms with E-state index in [0.29, 0.717) is 5.25 Å². The van der Waals surface area contributed by atoms with Crippen LogP contribution in [0.5, 0.6) is 0 Å². The highest BCUT2D eigenvalue weighted by atomic mass is 32.2. The van der Waals surface area contributed by atoms with Crippen LogP contribution in [-0.4, -0.2) is 22.8 Å². The summed E-state index contributed by atoms with van der Waals surface area (Å²) >= 11 is 1.93. The van der Waals surface area contributed by atoms with Gasteiger partial charge in [0.25, 0.3) is 0 Å². The fraction of sp³-hybridized carbons (Fsp3) is 0.500. The topological polar surface area (TPSA) is 27.8 Å². The van der Waals surface area contributed by atoms with Crippen molar-refractivity contribution in [3.63, 3.8) is 0 Å². The van der Waals surface area contributed by atoms with Gasteiger partial charge in [-0.25, -0.2) is 0 Å². The molecule has 1 aromatic heterocycles. The maximum Gasteiger partial charge on any atom is 0.0735 e. The van der Waals surface area contributed by atoms with Crippen molar-refractivity contribution in [2.75, 3.05) is 6.54 Å². The van der Waals surface area contributed by atoms with Gasteiger partial charge in [0.2, 0.25) is 0 Å². The van der Waals surface area contributed by atoms with E-state index in [1.807, 2.05) is 11.8 Å². The van der Waals surface area contributed by atoms with Crippen LogP contribution >= 0.6 is 11.8 Å². The van der Waals surface area contributed by atoms with Crippen LogP contribution in [0.3, 0.4) is 0 Å². The summed E-state index contributed by atoms with van der Waals surface area (Å²) in [5.74, 6) is 0. The Balaban J connectivity index is 1.54. The van der Waals surface area contributed by atoms with Crippen molar-refractivity contribution in [2.45, 2.75) is 48.9 Å². The maximum absolute atomic E-state index is 3.70. The molecule has 102 valence electrons. The number of hydrogen-bond acceptors (Lipinski definition) is 2. The zero-order chi connectivity index (χ0) is 13.1. The quantitative estimate of drug-likeness (QED) is 0.800. The predicted molar refractivity (Wildman–Crippen MR) is 83.9 cm³/mol. The van der Waals surface area contributed by atoms with Crippen molar-refractivity contribution in [2.24, 2.45) is 0 Å². The van der Waals surface area contributed by atoms with E-state index >= 15 is 0 Å². The van der Waals surface area contributed by atoms with Crippen LogP contribution in [0.1, 0.15) is 32.6 Å². The molecular weight excluding hydrogens is 252 g/mol. The van der Waals surface area contributed by atoms with E-state index in [2.05, 4.69) is 47.6 Å². The molecule has 0 saturated heterocycles. The Morgan fingerprint density at radius 3 is 2.89 bits per heavy atom. The monoisotopic (exact) mass is 274 g/mol. The molecule has 1 aromatic carbocycles. The number of aromatic nitrogens is 1. The van der Waals surface area contributed by atoms with Crippen LogP contribution in [0.15, 0.2) is 35.4 Å². The van der Waals surface area contributed by atoms with Crippen LogP contribution in [0, 0.1) is 0 Å². The van der Waals surface area contributed by atoms with Crippen molar-refractivity contribution in [3.8, 4) is 0 Å².